The first-order valence-corrected chi connectivity index (χ1v) is 9.16. The van der Waals surface area contributed by atoms with Gasteiger partial charge in [-0.15, -0.1) is 0 Å². The van der Waals surface area contributed by atoms with Crippen LogP contribution in [0.15, 0.2) is 42.6 Å². The number of aromatic nitrogens is 1. The van der Waals surface area contributed by atoms with E-state index in [1.165, 1.54) is 5.56 Å². The molecular formula is C21H27N3O2. The summed E-state index contributed by atoms with van der Waals surface area (Å²) in [6, 6.07) is 12.1. The summed E-state index contributed by atoms with van der Waals surface area (Å²) < 4.78 is 0. The number of carbonyl (C=O) groups is 1. The summed E-state index contributed by atoms with van der Waals surface area (Å²) in [5.74, 6) is -0.185. The molecule has 138 valence electrons. The molecule has 0 saturated carbocycles. The van der Waals surface area contributed by atoms with Gasteiger partial charge in [0.25, 0.3) is 5.91 Å². The molecular weight excluding hydrogens is 326 g/mol. The van der Waals surface area contributed by atoms with E-state index in [0.29, 0.717) is 26.1 Å². The van der Waals surface area contributed by atoms with E-state index in [4.69, 9.17) is 0 Å². The van der Waals surface area contributed by atoms with Crippen molar-refractivity contribution >= 4 is 5.91 Å². The Morgan fingerprint density at radius 2 is 2.12 bits per heavy atom. The van der Waals surface area contributed by atoms with Crippen LogP contribution in [0.3, 0.4) is 0 Å². The van der Waals surface area contributed by atoms with Crippen LogP contribution in [0.1, 0.15) is 35.2 Å². The third kappa shape index (κ3) is 4.29. The van der Waals surface area contributed by atoms with Crippen molar-refractivity contribution in [2.45, 2.75) is 45.4 Å². The first kappa shape index (κ1) is 18.5. The molecule has 1 fully saturated rings. The number of hydrogen-bond donors (Lipinski definition) is 2. The Kier molecular flexibility index (Phi) is 5.69. The Labute approximate surface area is 155 Å². The number of aliphatic hydroxyl groups is 1. The third-order valence-electron chi connectivity index (χ3n) is 4.99. The van der Waals surface area contributed by atoms with Crippen molar-refractivity contribution in [3.8, 4) is 0 Å². The van der Waals surface area contributed by atoms with Gasteiger partial charge in [-0.2, -0.15) is 0 Å². The molecule has 2 heterocycles. The van der Waals surface area contributed by atoms with E-state index >= 15 is 0 Å². The first-order valence-electron chi connectivity index (χ1n) is 9.16. The Bertz CT molecular complexity index is 777. The number of rotatable bonds is 6. The van der Waals surface area contributed by atoms with Gasteiger partial charge in [-0.3, -0.25) is 9.78 Å². The molecule has 1 aromatic carbocycles. The van der Waals surface area contributed by atoms with Gasteiger partial charge < -0.3 is 15.3 Å². The Balaban J connectivity index is 1.61. The zero-order chi connectivity index (χ0) is 18.6. The molecule has 1 atom stereocenters. The number of likely N-dealkylation sites (tertiary alicyclic amines) is 1. The van der Waals surface area contributed by atoms with Crippen LogP contribution in [0.5, 0.6) is 0 Å². The number of pyridine rings is 1. The van der Waals surface area contributed by atoms with Gasteiger partial charge in [-0.1, -0.05) is 35.9 Å². The van der Waals surface area contributed by atoms with E-state index in [1.54, 1.807) is 11.1 Å². The van der Waals surface area contributed by atoms with Crippen LogP contribution in [-0.4, -0.2) is 39.6 Å². The van der Waals surface area contributed by atoms with E-state index in [1.807, 2.05) is 44.2 Å². The molecule has 1 saturated heterocycles. The normalized spacial score (nSPS) is 20.4. The van der Waals surface area contributed by atoms with Crippen molar-refractivity contribution in [3.63, 3.8) is 0 Å². The van der Waals surface area contributed by atoms with E-state index in [2.05, 4.69) is 16.4 Å². The van der Waals surface area contributed by atoms with Crippen LogP contribution in [0.4, 0.5) is 0 Å². The SMILES string of the molecule is Cc1cccc(CN2CCCC(O)(CNCc3ncccc3C)C2=O)c1. The second-order valence-corrected chi connectivity index (χ2v) is 7.22. The highest BCUT2D eigenvalue weighted by atomic mass is 16.3. The molecule has 0 bridgehead atoms. The zero-order valence-corrected chi connectivity index (χ0v) is 15.5. The smallest absolute Gasteiger partial charge is 0.256 e. The standard InChI is InChI=1S/C21H27N3O2/c1-16-6-3-8-18(12-16)14-24-11-5-9-21(26,20(24)25)15-22-13-19-17(2)7-4-10-23-19/h3-4,6-8,10,12,22,26H,5,9,11,13-15H2,1-2H3. The van der Waals surface area contributed by atoms with E-state index in [-0.39, 0.29) is 12.5 Å². The fourth-order valence-corrected chi connectivity index (χ4v) is 3.50. The lowest BCUT2D eigenvalue weighted by molar-refractivity contribution is -0.157. The van der Waals surface area contributed by atoms with Gasteiger partial charge >= 0.3 is 0 Å². The zero-order valence-electron chi connectivity index (χ0n) is 15.5. The second kappa shape index (κ2) is 7.98. The van der Waals surface area contributed by atoms with Crippen molar-refractivity contribution in [1.82, 2.24) is 15.2 Å². The minimum absolute atomic E-state index is 0.185. The molecule has 5 heteroatoms. The van der Waals surface area contributed by atoms with Crippen molar-refractivity contribution < 1.29 is 9.90 Å². The molecule has 1 unspecified atom stereocenters. The number of amides is 1. The van der Waals surface area contributed by atoms with Gasteiger partial charge in [0.1, 0.15) is 0 Å². The highest BCUT2D eigenvalue weighted by molar-refractivity contribution is 5.86. The first-order chi connectivity index (χ1) is 12.5. The molecule has 5 nitrogen and oxygen atoms in total. The molecule has 1 aliphatic heterocycles. The maximum atomic E-state index is 12.9. The van der Waals surface area contributed by atoms with Crippen LogP contribution >= 0.6 is 0 Å². The number of benzene rings is 1. The van der Waals surface area contributed by atoms with Gasteiger partial charge in [0, 0.05) is 32.4 Å². The van der Waals surface area contributed by atoms with Gasteiger partial charge in [-0.05, 0) is 43.9 Å². The molecule has 3 rings (SSSR count). The molecule has 26 heavy (non-hydrogen) atoms. The molecule has 0 spiro atoms. The van der Waals surface area contributed by atoms with Gasteiger partial charge in [0.05, 0.1) is 5.69 Å². The van der Waals surface area contributed by atoms with Crippen LogP contribution in [0.2, 0.25) is 0 Å². The summed E-state index contributed by atoms with van der Waals surface area (Å²) in [5, 5.41) is 14.1. The van der Waals surface area contributed by atoms with Crippen molar-refractivity contribution in [1.29, 1.82) is 0 Å². The number of hydrogen-bond acceptors (Lipinski definition) is 4. The summed E-state index contributed by atoms with van der Waals surface area (Å²) in [4.78, 5) is 19.0. The summed E-state index contributed by atoms with van der Waals surface area (Å²) in [5.41, 5.74) is 2.97. The van der Waals surface area contributed by atoms with Crippen molar-refractivity contribution in [2.24, 2.45) is 0 Å². The third-order valence-corrected chi connectivity index (χ3v) is 4.99. The Morgan fingerprint density at radius 1 is 1.27 bits per heavy atom. The maximum absolute atomic E-state index is 12.9. The highest BCUT2D eigenvalue weighted by Crippen LogP contribution is 2.24. The van der Waals surface area contributed by atoms with Crippen molar-refractivity contribution in [2.75, 3.05) is 13.1 Å². The quantitative estimate of drug-likeness (QED) is 0.837. The van der Waals surface area contributed by atoms with Crippen LogP contribution < -0.4 is 5.32 Å². The minimum atomic E-state index is -1.34. The number of nitrogens with zero attached hydrogens (tertiary/aromatic N) is 2. The molecule has 2 aromatic rings. The predicted octanol–water partition coefficient (Wildman–Crippen LogP) is 2.34. The summed E-state index contributed by atoms with van der Waals surface area (Å²) in [7, 11) is 0. The largest absolute Gasteiger partial charge is 0.379 e. The maximum Gasteiger partial charge on any atom is 0.256 e. The highest BCUT2D eigenvalue weighted by Gasteiger charge is 2.41. The Hall–Kier alpha value is -2.24. The van der Waals surface area contributed by atoms with Crippen molar-refractivity contribution in [3.05, 3.63) is 65.0 Å². The molecule has 2 N–H and O–H groups in total. The van der Waals surface area contributed by atoms with Crippen LogP contribution in [-0.2, 0) is 17.9 Å². The lowest BCUT2D eigenvalue weighted by Crippen LogP contribution is -2.57. The van der Waals surface area contributed by atoms with E-state index in [0.717, 1.165) is 23.2 Å². The monoisotopic (exact) mass is 353 g/mol. The topological polar surface area (TPSA) is 65.5 Å². The van der Waals surface area contributed by atoms with E-state index in [9.17, 15) is 9.90 Å². The summed E-state index contributed by atoms with van der Waals surface area (Å²) >= 11 is 0. The lowest BCUT2D eigenvalue weighted by Gasteiger charge is -2.38. The van der Waals surface area contributed by atoms with Crippen LogP contribution in [0.25, 0.3) is 0 Å². The minimum Gasteiger partial charge on any atom is -0.379 e. The fraction of sp³-hybridized carbons (Fsp3) is 0.429. The molecule has 1 aliphatic rings. The number of aryl methyl sites for hydroxylation is 2. The average Bonchev–Trinajstić information content (AvgIpc) is 2.61. The van der Waals surface area contributed by atoms with Crippen LogP contribution in [0, 0.1) is 13.8 Å². The summed E-state index contributed by atoms with van der Waals surface area (Å²) in [6.07, 6.45) is 3.05. The van der Waals surface area contributed by atoms with E-state index < -0.39 is 5.60 Å². The van der Waals surface area contributed by atoms with Gasteiger partial charge in [-0.25, -0.2) is 0 Å². The molecule has 0 radical (unpaired) electrons. The number of nitrogens with one attached hydrogen (secondary N) is 1. The average molecular weight is 353 g/mol. The fourth-order valence-electron chi connectivity index (χ4n) is 3.50. The molecule has 1 aromatic heterocycles. The number of piperidine rings is 1. The number of carbonyl (C=O) groups excluding carboxylic acids is 1. The van der Waals surface area contributed by atoms with Gasteiger partial charge in [0.15, 0.2) is 5.60 Å². The summed E-state index contributed by atoms with van der Waals surface area (Å²) in [6.45, 7) is 6.07. The molecule has 0 aliphatic carbocycles. The molecule has 1 amide bonds. The lowest BCUT2D eigenvalue weighted by atomic mass is 9.91. The Morgan fingerprint density at radius 3 is 2.88 bits per heavy atom. The predicted molar refractivity (Wildman–Crippen MR) is 101 cm³/mol. The van der Waals surface area contributed by atoms with Gasteiger partial charge in [0.2, 0.25) is 0 Å². The second-order valence-electron chi connectivity index (χ2n) is 7.22.